The first-order chi connectivity index (χ1) is 12.4. The van der Waals surface area contributed by atoms with Gasteiger partial charge >= 0.3 is 0 Å². The summed E-state index contributed by atoms with van der Waals surface area (Å²) >= 11 is 0. The Bertz CT molecular complexity index is 785. The molecule has 2 heterocycles. The summed E-state index contributed by atoms with van der Waals surface area (Å²) in [6.07, 6.45) is 1.80. The Balaban J connectivity index is 1.67. The van der Waals surface area contributed by atoms with Crippen LogP contribution in [0.3, 0.4) is 0 Å². The van der Waals surface area contributed by atoms with Crippen LogP contribution in [-0.2, 0) is 0 Å². The number of hydrogen-bond donors (Lipinski definition) is 1. The van der Waals surface area contributed by atoms with Crippen LogP contribution in [0.1, 0.15) is 23.2 Å². The van der Waals surface area contributed by atoms with Gasteiger partial charge in [0, 0.05) is 24.7 Å². The molecule has 0 radical (unpaired) electrons. The van der Waals surface area contributed by atoms with E-state index in [-0.39, 0.29) is 17.5 Å². The molecule has 1 aromatic carbocycles. The first-order valence-electron chi connectivity index (χ1n) is 8.20. The lowest BCUT2D eigenvalue weighted by Crippen LogP contribution is -2.35. The molecular weight excluding hydrogens is 347 g/mol. The van der Waals surface area contributed by atoms with Gasteiger partial charge < -0.3 is 15.0 Å². The Kier molecular flexibility index (Phi) is 5.41. The minimum absolute atomic E-state index is 0.0462. The van der Waals surface area contributed by atoms with Crippen molar-refractivity contribution in [3.63, 3.8) is 0 Å². The van der Waals surface area contributed by atoms with Crippen molar-refractivity contribution in [3.8, 4) is 5.88 Å². The van der Waals surface area contributed by atoms with Gasteiger partial charge in [-0.25, -0.2) is 13.2 Å². The van der Waals surface area contributed by atoms with Crippen LogP contribution < -0.4 is 10.1 Å². The van der Waals surface area contributed by atoms with Gasteiger partial charge in [0.25, 0.3) is 5.91 Å². The number of benzene rings is 1. The molecule has 8 heteroatoms. The Labute approximate surface area is 148 Å². The highest BCUT2D eigenvalue weighted by atomic mass is 19.2. The molecule has 2 aromatic rings. The van der Waals surface area contributed by atoms with E-state index >= 15 is 0 Å². The third-order valence-corrected chi connectivity index (χ3v) is 4.16. The second-order valence-corrected chi connectivity index (χ2v) is 6.19. The van der Waals surface area contributed by atoms with Crippen molar-refractivity contribution in [2.45, 2.75) is 18.9 Å². The molecule has 0 atom stereocenters. The number of likely N-dealkylation sites (tertiary alicyclic amines) is 1. The number of aromatic nitrogens is 1. The van der Waals surface area contributed by atoms with Gasteiger partial charge in [-0.05, 0) is 38.1 Å². The quantitative estimate of drug-likeness (QED) is 0.846. The highest BCUT2D eigenvalue weighted by Crippen LogP contribution is 2.19. The molecule has 5 nitrogen and oxygen atoms in total. The lowest BCUT2D eigenvalue weighted by Gasteiger charge is -2.28. The van der Waals surface area contributed by atoms with Crippen LogP contribution in [0, 0.1) is 17.5 Å². The monoisotopic (exact) mass is 365 g/mol. The van der Waals surface area contributed by atoms with Crippen LogP contribution in [-0.4, -0.2) is 42.0 Å². The number of ether oxygens (including phenoxy) is 1. The fourth-order valence-corrected chi connectivity index (χ4v) is 2.70. The maximum atomic E-state index is 13.3. The number of nitrogens with one attached hydrogen (secondary N) is 1. The lowest BCUT2D eigenvalue weighted by molar-refractivity contribution is 0.102. The van der Waals surface area contributed by atoms with E-state index in [0.717, 1.165) is 25.9 Å². The standard InChI is InChI=1S/C18H18F3N3O2/c1-24-7-5-12(6-8-24)26-16-4-2-3-15(22-16)23-18(25)11-9-13(19)17(21)14(20)10-11/h2-4,9-10,12H,5-8H2,1H3,(H,22,23,25). The normalized spacial score (nSPS) is 15.7. The number of piperidine rings is 1. The molecule has 0 aliphatic carbocycles. The fourth-order valence-electron chi connectivity index (χ4n) is 2.70. The van der Waals surface area contributed by atoms with E-state index in [1.165, 1.54) is 6.07 Å². The summed E-state index contributed by atoms with van der Waals surface area (Å²) in [5.41, 5.74) is -0.343. The summed E-state index contributed by atoms with van der Waals surface area (Å²) < 4.78 is 45.3. The number of carbonyl (C=O) groups excluding carboxylic acids is 1. The predicted molar refractivity (Wildman–Crippen MR) is 89.7 cm³/mol. The Morgan fingerprint density at radius 3 is 2.50 bits per heavy atom. The van der Waals surface area contributed by atoms with E-state index in [4.69, 9.17) is 4.74 Å². The van der Waals surface area contributed by atoms with Crippen molar-refractivity contribution in [3.05, 3.63) is 53.3 Å². The topological polar surface area (TPSA) is 54.5 Å². The number of halogens is 3. The Morgan fingerprint density at radius 1 is 1.19 bits per heavy atom. The number of amides is 1. The number of carbonyl (C=O) groups is 1. The van der Waals surface area contributed by atoms with Gasteiger partial charge in [0.05, 0.1) is 0 Å². The fraction of sp³-hybridized carbons (Fsp3) is 0.333. The Hall–Kier alpha value is -2.61. The van der Waals surface area contributed by atoms with Crippen LogP contribution in [0.4, 0.5) is 19.0 Å². The first kappa shape index (κ1) is 18.2. The number of nitrogens with zero attached hydrogens (tertiary/aromatic N) is 2. The second kappa shape index (κ2) is 7.74. The minimum atomic E-state index is -1.62. The average Bonchev–Trinajstić information content (AvgIpc) is 2.61. The molecule has 3 rings (SSSR count). The molecule has 26 heavy (non-hydrogen) atoms. The van der Waals surface area contributed by atoms with Crippen molar-refractivity contribution in [1.82, 2.24) is 9.88 Å². The van der Waals surface area contributed by atoms with E-state index < -0.39 is 23.4 Å². The van der Waals surface area contributed by atoms with Gasteiger partial charge in [0.2, 0.25) is 5.88 Å². The van der Waals surface area contributed by atoms with Gasteiger partial charge in [-0.2, -0.15) is 4.98 Å². The van der Waals surface area contributed by atoms with E-state index in [1.807, 2.05) is 7.05 Å². The molecule has 0 saturated carbocycles. The Morgan fingerprint density at radius 2 is 1.85 bits per heavy atom. The van der Waals surface area contributed by atoms with Gasteiger partial charge in [0.1, 0.15) is 11.9 Å². The number of rotatable bonds is 4. The zero-order chi connectivity index (χ0) is 18.7. The summed E-state index contributed by atoms with van der Waals surface area (Å²) in [6, 6.07) is 6.11. The van der Waals surface area contributed by atoms with Crippen molar-refractivity contribution in [2.75, 3.05) is 25.5 Å². The molecule has 1 aliphatic rings. The van der Waals surface area contributed by atoms with Gasteiger partial charge in [-0.3, -0.25) is 4.79 Å². The van der Waals surface area contributed by atoms with Crippen molar-refractivity contribution < 1.29 is 22.7 Å². The minimum Gasteiger partial charge on any atom is -0.474 e. The first-order valence-corrected chi connectivity index (χ1v) is 8.20. The summed E-state index contributed by atoms with van der Waals surface area (Å²) in [4.78, 5) is 18.5. The van der Waals surface area contributed by atoms with Crippen LogP contribution in [0.15, 0.2) is 30.3 Å². The SMILES string of the molecule is CN1CCC(Oc2cccc(NC(=O)c3cc(F)c(F)c(F)c3)n2)CC1. The van der Waals surface area contributed by atoms with E-state index in [2.05, 4.69) is 15.2 Å². The van der Waals surface area contributed by atoms with E-state index in [9.17, 15) is 18.0 Å². The molecule has 1 aliphatic heterocycles. The highest BCUT2D eigenvalue weighted by Gasteiger charge is 2.19. The molecule has 138 valence electrons. The largest absolute Gasteiger partial charge is 0.474 e. The zero-order valence-corrected chi connectivity index (χ0v) is 14.1. The van der Waals surface area contributed by atoms with Gasteiger partial charge in [-0.15, -0.1) is 0 Å². The van der Waals surface area contributed by atoms with Crippen molar-refractivity contribution in [1.29, 1.82) is 0 Å². The third-order valence-electron chi connectivity index (χ3n) is 4.16. The van der Waals surface area contributed by atoms with Crippen molar-refractivity contribution >= 4 is 11.7 Å². The number of pyridine rings is 1. The maximum Gasteiger partial charge on any atom is 0.257 e. The second-order valence-electron chi connectivity index (χ2n) is 6.19. The van der Waals surface area contributed by atoms with Gasteiger partial charge in [0.15, 0.2) is 17.5 Å². The summed E-state index contributed by atoms with van der Waals surface area (Å²) in [7, 11) is 2.05. The molecule has 0 bridgehead atoms. The molecule has 1 amide bonds. The number of anilines is 1. The van der Waals surface area contributed by atoms with Crippen LogP contribution in [0.5, 0.6) is 5.88 Å². The smallest absolute Gasteiger partial charge is 0.257 e. The highest BCUT2D eigenvalue weighted by molar-refractivity contribution is 6.03. The summed E-state index contributed by atoms with van der Waals surface area (Å²) in [6.45, 7) is 1.87. The van der Waals surface area contributed by atoms with Crippen molar-refractivity contribution in [2.24, 2.45) is 0 Å². The molecular formula is C18H18F3N3O2. The summed E-state index contributed by atoms with van der Waals surface area (Å²) in [5.74, 6) is -4.75. The predicted octanol–water partition coefficient (Wildman–Crippen LogP) is 3.22. The number of hydrogen-bond acceptors (Lipinski definition) is 4. The molecule has 1 aromatic heterocycles. The van der Waals surface area contributed by atoms with Gasteiger partial charge in [-0.1, -0.05) is 6.07 Å². The van der Waals surface area contributed by atoms with Crippen LogP contribution in [0.2, 0.25) is 0 Å². The van der Waals surface area contributed by atoms with Crippen LogP contribution >= 0.6 is 0 Å². The molecule has 0 unspecified atom stereocenters. The van der Waals surface area contributed by atoms with E-state index in [0.29, 0.717) is 18.0 Å². The third kappa shape index (κ3) is 4.32. The molecule has 1 fully saturated rings. The molecule has 1 saturated heterocycles. The lowest BCUT2D eigenvalue weighted by atomic mass is 10.1. The molecule has 1 N–H and O–H groups in total. The van der Waals surface area contributed by atoms with E-state index in [1.54, 1.807) is 12.1 Å². The molecule has 0 spiro atoms. The zero-order valence-electron chi connectivity index (χ0n) is 14.1. The summed E-state index contributed by atoms with van der Waals surface area (Å²) in [5, 5.41) is 2.42. The average molecular weight is 365 g/mol. The van der Waals surface area contributed by atoms with Crippen LogP contribution in [0.25, 0.3) is 0 Å². The maximum absolute atomic E-state index is 13.3.